The molecule has 0 aliphatic carbocycles. The first-order valence-corrected chi connectivity index (χ1v) is 11.6. The highest BCUT2D eigenvalue weighted by Gasteiger charge is 2.22. The largest absolute Gasteiger partial charge is 0.480 e. The lowest BCUT2D eigenvalue weighted by atomic mass is 10.1. The standard InChI is InChI=1S/C25H30N6O5/c26-13-19(14-27-12-10-20-9-8-18-7-4-11-28-22(18)30-20)23(32)29-15-21(24(33)34)31-25(35)36-16-17-5-2-1-3-6-17/h1-3,5-6,8-9,13-14,21H,4,7,10-12,15-16,26H2,(H,28,30)(H,29,32)(H,31,35)(H,33,34)/t21-/m0/s1. The maximum absolute atomic E-state index is 12.4. The molecule has 0 radical (unpaired) electrons. The van der Waals surface area contributed by atoms with E-state index in [9.17, 15) is 19.5 Å². The van der Waals surface area contributed by atoms with E-state index in [1.165, 1.54) is 11.8 Å². The van der Waals surface area contributed by atoms with Gasteiger partial charge in [-0.2, -0.15) is 0 Å². The fourth-order valence-electron chi connectivity index (χ4n) is 3.43. The summed E-state index contributed by atoms with van der Waals surface area (Å²) < 4.78 is 5.03. The monoisotopic (exact) mass is 494 g/mol. The number of carbonyl (C=O) groups is 3. The number of aliphatic imine (C=N–C) groups is 1. The molecule has 2 amide bonds. The molecule has 0 saturated carbocycles. The number of nitrogens with one attached hydrogen (secondary N) is 3. The molecular weight excluding hydrogens is 464 g/mol. The zero-order valence-corrected chi connectivity index (χ0v) is 19.8. The summed E-state index contributed by atoms with van der Waals surface area (Å²) in [6.07, 6.45) is 4.18. The smallest absolute Gasteiger partial charge is 0.408 e. The Balaban J connectivity index is 1.43. The Morgan fingerprint density at radius 2 is 2.03 bits per heavy atom. The molecule has 1 aromatic heterocycles. The van der Waals surface area contributed by atoms with Crippen LogP contribution in [0.4, 0.5) is 10.6 Å². The first kappa shape index (κ1) is 26.2. The van der Waals surface area contributed by atoms with Crippen molar-refractivity contribution in [2.24, 2.45) is 10.7 Å². The van der Waals surface area contributed by atoms with Crippen molar-refractivity contribution in [1.29, 1.82) is 0 Å². The van der Waals surface area contributed by atoms with E-state index >= 15 is 0 Å². The molecule has 11 nitrogen and oxygen atoms in total. The molecule has 0 spiro atoms. The average molecular weight is 495 g/mol. The summed E-state index contributed by atoms with van der Waals surface area (Å²) in [4.78, 5) is 44.7. The number of fused-ring (bicyclic) bond motifs is 1. The van der Waals surface area contributed by atoms with E-state index in [4.69, 9.17) is 10.5 Å². The van der Waals surface area contributed by atoms with E-state index in [1.54, 1.807) is 24.3 Å². The first-order valence-electron chi connectivity index (χ1n) is 11.6. The van der Waals surface area contributed by atoms with Crippen LogP contribution in [0.3, 0.4) is 0 Å². The maximum atomic E-state index is 12.4. The Kier molecular flexibility index (Phi) is 9.80. The van der Waals surface area contributed by atoms with Gasteiger partial charge in [0.15, 0.2) is 0 Å². The molecule has 11 heteroatoms. The number of anilines is 1. The first-order chi connectivity index (χ1) is 17.5. The number of hydrogen-bond donors (Lipinski definition) is 5. The predicted octanol–water partition coefficient (Wildman–Crippen LogP) is 1.39. The van der Waals surface area contributed by atoms with Gasteiger partial charge in [-0.15, -0.1) is 0 Å². The second-order valence-corrected chi connectivity index (χ2v) is 8.05. The molecule has 1 aromatic carbocycles. The number of hydrogen-bond acceptors (Lipinski definition) is 8. The van der Waals surface area contributed by atoms with Gasteiger partial charge in [0.05, 0.1) is 5.57 Å². The van der Waals surface area contributed by atoms with Crippen molar-refractivity contribution in [2.75, 3.05) is 25.0 Å². The van der Waals surface area contributed by atoms with E-state index in [0.29, 0.717) is 13.0 Å². The number of ether oxygens (including phenoxy) is 1. The van der Waals surface area contributed by atoms with Crippen LogP contribution in [0, 0.1) is 0 Å². The quantitative estimate of drug-likeness (QED) is 0.231. The Morgan fingerprint density at radius 1 is 1.22 bits per heavy atom. The molecule has 6 N–H and O–H groups in total. The Labute approximate surface area is 208 Å². The molecule has 36 heavy (non-hydrogen) atoms. The molecule has 0 saturated heterocycles. The minimum Gasteiger partial charge on any atom is -0.480 e. The van der Waals surface area contributed by atoms with E-state index in [0.717, 1.165) is 42.7 Å². The Morgan fingerprint density at radius 3 is 2.78 bits per heavy atom. The zero-order valence-electron chi connectivity index (χ0n) is 19.8. The van der Waals surface area contributed by atoms with Crippen molar-refractivity contribution < 1.29 is 24.2 Å². The fourth-order valence-corrected chi connectivity index (χ4v) is 3.43. The number of rotatable bonds is 11. The second-order valence-electron chi connectivity index (χ2n) is 8.05. The molecule has 0 unspecified atom stereocenters. The number of amides is 2. The van der Waals surface area contributed by atoms with Crippen LogP contribution in [-0.4, -0.2) is 60.0 Å². The lowest BCUT2D eigenvalue weighted by Crippen LogP contribution is -2.48. The minimum absolute atomic E-state index is 0.0145. The van der Waals surface area contributed by atoms with Gasteiger partial charge in [-0.25, -0.2) is 14.6 Å². The molecule has 1 aliphatic rings. The van der Waals surface area contributed by atoms with Gasteiger partial charge in [0.1, 0.15) is 18.5 Å². The SMILES string of the molecule is NC=C(C=NCCc1ccc2c(n1)NCCC2)C(=O)NC[C@H](NC(=O)OCc1ccccc1)C(=O)O. The van der Waals surface area contributed by atoms with Crippen molar-refractivity contribution >= 4 is 30.0 Å². The molecule has 3 rings (SSSR count). The third-order valence-electron chi connectivity index (χ3n) is 5.39. The number of carboxylic acid groups (broad SMARTS) is 1. The van der Waals surface area contributed by atoms with Gasteiger partial charge in [0, 0.05) is 44.2 Å². The molecular formula is C25H30N6O5. The molecule has 1 atom stereocenters. The number of pyridine rings is 1. The number of nitrogens with zero attached hydrogens (tertiary/aromatic N) is 2. The van der Waals surface area contributed by atoms with Crippen molar-refractivity contribution in [3.63, 3.8) is 0 Å². The second kappa shape index (κ2) is 13.5. The highest BCUT2D eigenvalue weighted by Crippen LogP contribution is 2.19. The topological polar surface area (TPSA) is 168 Å². The van der Waals surface area contributed by atoms with Gasteiger partial charge >= 0.3 is 12.1 Å². The number of nitrogens with two attached hydrogens (primary N) is 1. The van der Waals surface area contributed by atoms with E-state index in [2.05, 4.69) is 32.0 Å². The summed E-state index contributed by atoms with van der Waals surface area (Å²) in [5.41, 5.74) is 8.45. The normalized spacial score (nSPS) is 13.8. The number of aromatic nitrogens is 1. The molecule has 1 aliphatic heterocycles. The van der Waals surface area contributed by atoms with E-state index < -0.39 is 24.0 Å². The van der Waals surface area contributed by atoms with Crippen LogP contribution in [0.2, 0.25) is 0 Å². The van der Waals surface area contributed by atoms with Crippen LogP contribution in [0.15, 0.2) is 59.2 Å². The molecule has 190 valence electrons. The van der Waals surface area contributed by atoms with E-state index in [-0.39, 0.29) is 18.7 Å². The highest BCUT2D eigenvalue weighted by atomic mass is 16.5. The van der Waals surface area contributed by atoms with Gasteiger partial charge in [0.25, 0.3) is 5.91 Å². The number of aliphatic carboxylic acids is 1. The van der Waals surface area contributed by atoms with Crippen LogP contribution in [0.1, 0.15) is 23.2 Å². The molecule has 0 bridgehead atoms. The van der Waals surface area contributed by atoms with Gasteiger partial charge in [-0.05, 0) is 30.0 Å². The van der Waals surface area contributed by atoms with Crippen molar-refractivity contribution in [1.82, 2.24) is 15.6 Å². The summed E-state index contributed by atoms with van der Waals surface area (Å²) in [7, 11) is 0. The lowest BCUT2D eigenvalue weighted by molar-refractivity contribution is -0.139. The van der Waals surface area contributed by atoms with Crippen LogP contribution < -0.4 is 21.7 Å². The van der Waals surface area contributed by atoms with E-state index in [1.807, 2.05) is 12.1 Å². The Hall–Kier alpha value is -4.41. The number of carbonyl (C=O) groups excluding carboxylic acids is 2. The third-order valence-corrected chi connectivity index (χ3v) is 5.39. The number of aryl methyl sites for hydroxylation is 1. The van der Waals surface area contributed by atoms with Crippen LogP contribution in [0.25, 0.3) is 0 Å². The molecule has 0 fully saturated rings. The summed E-state index contributed by atoms with van der Waals surface area (Å²) in [6.45, 7) is 0.919. The van der Waals surface area contributed by atoms with Gasteiger partial charge in [0.2, 0.25) is 0 Å². The summed E-state index contributed by atoms with van der Waals surface area (Å²) in [5.74, 6) is -1.04. The van der Waals surface area contributed by atoms with Crippen LogP contribution in [-0.2, 0) is 33.8 Å². The fraction of sp³-hybridized carbons (Fsp3) is 0.320. The van der Waals surface area contributed by atoms with Crippen molar-refractivity contribution in [2.45, 2.75) is 31.9 Å². The number of benzene rings is 1. The lowest BCUT2D eigenvalue weighted by Gasteiger charge is -2.17. The number of alkyl carbamates (subject to hydrolysis) is 1. The van der Waals surface area contributed by atoms with Crippen molar-refractivity contribution in [3.05, 3.63) is 71.1 Å². The summed E-state index contributed by atoms with van der Waals surface area (Å²) in [5, 5.41) is 17.3. The summed E-state index contributed by atoms with van der Waals surface area (Å²) in [6, 6.07) is 11.6. The predicted molar refractivity (Wildman–Crippen MR) is 135 cm³/mol. The van der Waals surface area contributed by atoms with Crippen molar-refractivity contribution in [3.8, 4) is 0 Å². The summed E-state index contributed by atoms with van der Waals surface area (Å²) >= 11 is 0. The van der Waals surface area contributed by atoms with Gasteiger partial charge in [-0.1, -0.05) is 36.4 Å². The van der Waals surface area contributed by atoms with Crippen LogP contribution >= 0.6 is 0 Å². The van der Waals surface area contributed by atoms with Gasteiger partial charge < -0.3 is 31.5 Å². The molecule has 2 aromatic rings. The highest BCUT2D eigenvalue weighted by molar-refractivity contribution is 6.12. The average Bonchev–Trinajstić information content (AvgIpc) is 2.90. The van der Waals surface area contributed by atoms with Crippen LogP contribution in [0.5, 0.6) is 0 Å². The maximum Gasteiger partial charge on any atom is 0.408 e. The minimum atomic E-state index is -1.39. The number of carboxylic acids is 1. The molecule has 2 heterocycles. The Bertz CT molecular complexity index is 1120. The zero-order chi connectivity index (χ0) is 25.8. The van der Waals surface area contributed by atoms with Gasteiger partial charge in [-0.3, -0.25) is 9.79 Å². The third kappa shape index (κ3) is 8.12.